The van der Waals surface area contributed by atoms with Gasteiger partial charge in [-0.3, -0.25) is 4.90 Å². The molecule has 0 amide bonds. The molecule has 1 aromatic heterocycles. The smallest absolute Gasteiger partial charge is 0.218 e. The Morgan fingerprint density at radius 3 is 1.97 bits per heavy atom. The van der Waals surface area contributed by atoms with E-state index in [1.165, 1.54) is 4.31 Å². The van der Waals surface area contributed by atoms with Gasteiger partial charge in [0.2, 0.25) is 10.0 Å². The Hall–Kier alpha value is -2.41. The molecule has 0 saturated carbocycles. The molecule has 3 aliphatic rings. The highest BCUT2D eigenvalue weighted by atomic mass is 32.2. The number of hydrogen-bond donors (Lipinski definition) is 0. The van der Waals surface area contributed by atoms with Crippen LogP contribution in [0.25, 0.3) is 0 Å². The van der Waals surface area contributed by atoms with Crippen LogP contribution in [0.5, 0.6) is 0 Å². The molecular weight excluding hydrogens is 490 g/mol. The van der Waals surface area contributed by atoms with E-state index >= 15 is 0 Å². The van der Waals surface area contributed by atoms with Crippen LogP contribution in [0.1, 0.15) is 18.4 Å². The van der Waals surface area contributed by atoms with Gasteiger partial charge in [0.25, 0.3) is 0 Å². The van der Waals surface area contributed by atoms with Gasteiger partial charge in [-0.15, -0.1) is 10.2 Å². The van der Waals surface area contributed by atoms with Crippen molar-refractivity contribution < 1.29 is 21.9 Å². The van der Waals surface area contributed by atoms with E-state index in [0.717, 1.165) is 76.2 Å². The second-order valence-corrected chi connectivity index (χ2v) is 11.6. The molecule has 3 saturated heterocycles. The highest BCUT2D eigenvalue weighted by molar-refractivity contribution is 7.88. The number of benzene rings is 1. The zero-order chi connectivity index (χ0) is 25.1. The summed E-state index contributed by atoms with van der Waals surface area (Å²) in [5.41, 5.74) is 0.101. The van der Waals surface area contributed by atoms with E-state index in [2.05, 4.69) is 20.0 Å². The van der Waals surface area contributed by atoms with Crippen LogP contribution in [-0.4, -0.2) is 99.4 Å². The average Bonchev–Trinajstić information content (AvgIpc) is 3.37. The van der Waals surface area contributed by atoms with Crippen LogP contribution in [0.3, 0.4) is 0 Å². The first-order valence-corrected chi connectivity index (χ1v) is 14.1. The molecule has 4 heterocycles. The standard InChI is InChI=1S/C24H32F2N6O3S/c25-20-14-19(15-21(26)16-20)18-36(33,34)32-11-9-31(10-12-32)24-4-3-23(27-28-24)30-7-5-29(6-8-30)17-22-2-1-13-35-22/h3-4,14-16,22H,1-2,5-13,17-18H2. The Balaban J connectivity index is 1.11. The second kappa shape index (κ2) is 10.9. The Morgan fingerprint density at radius 1 is 0.861 bits per heavy atom. The topological polar surface area (TPSA) is 82.1 Å². The fraction of sp³-hybridized carbons (Fsp3) is 0.583. The second-order valence-electron chi connectivity index (χ2n) is 9.59. The van der Waals surface area contributed by atoms with Gasteiger partial charge in [-0.2, -0.15) is 4.31 Å². The molecule has 36 heavy (non-hydrogen) atoms. The van der Waals surface area contributed by atoms with Crippen molar-refractivity contribution >= 4 is 21.7 Å². The third-order valence-corrected chi connectivity index (χ3v) is 8.90. The molecule has 0 aliphatic carbocycles. The van der Waals surface area contributed by atoms with E-state index in [4.69, 9.17) is 4.74 Å². The number of anilines is 2. The van der Waals surface area contributed by atoms with Gasteiger partial charge in [-0.1, -0.05) is 0 Å². The number of hydrogen-bond acceptors (Lipinski definition) is 8. The molecule has 0 radical (unpaired) electrons. The molecule has 0 N–H and O–H groups in total. The zero-order valence-electron chi connectivity index (χ0n) is 20.2. The number of ether oxygens (including phenoxy) is 1. The number of piperazine rings is 2. The summed E-state index contributed by atoms with van der Waals surface area (Å²) in [5, 5.41) is 8.84. The minimum Gasteiger partial charge on any atom is -0.377 e. The van der Waals surface area contributed by atoms with E-state index in [9.17, 15) is 17.2 Å². The van der Waals surface area contributed by atoms with Crippen molar-refractivity contribution in [1.29, 1.82) is 0 Å². The summed E-state index contributed by atoms with van der Waals surface area (Å²) in [6, 6.07) is 6.74. The van der Waals surface area contributed by atoms with Crippen molar-refractivity contribution in [3.05, 3.63) is 47.5 Å². The van der Waals surface area contributed by atoms with E-state index in [1.54, 1.807) is 0 Å². The highest BCUT2D eigenvalue weighted by Gasteiger charge is 2.28. The van der Waals surface area contributed by atoms with Crippen LogP contribution in [-0.2, 0) is 20.5 Å². The predicted octanol–water partition coefficient (Wildman–Crippen LogP) is 1.71. The maximum atomic E-state index is 13.4. The maximum absolute atomic E-state index is 13.4. The molecule has 0 bridgehead atoms. The monoisotopic (exact) mass is 522 g/mol. The average molecular weight is 523 g/mol. The molecule has 0 spiro atoms. The molecule has 5 rings (SSSR count). The number of halogens is 2. The minimum atomic E-state index is -3.69. The quantitative estimate of drug-likeness (QED) is 0.544. The minimum absolute atomic E-state index is 0.101. The van der Waals surface area contributed by atoms with E-state index in [-0.39, 0.29) is 18.7 Å². The van der Waals surface area contributed by atoms with Crippen LogP contribution < -0.4 is 9.80 Å². The summed E-state index contributed by atoms with van der Waals surface area (Å²) < 4.78 is 59.6. The third kappa shape index (κ3) is 6.10. The summed E-state index contributed by atoms with van der Waals surface area (Å²) in [5.74, 6) is -0.448. The van der Waals surface area contributed by atoms with Gasteiger partial charge < -0.3 is 14.5 Å². The SMILES string of the molecule is O=S(=O)(Cc1cc(F)cc(F)c1)N1CCN(c2ccc(N3CCN(CC4CCCO4)CC3)nn2)CC1. The van der Waals surface area contributed by atoms with Gasteiger partial charge in [0.05, 0.1) is 11.9 Å². The van der Waals surface area contributed by atoms with Crippen molar-refractivity contribution in [3.63, 3.8) is 0 Å². The Bertz CT molecular complexity index is 1110. The fourth-order valence-electron chi connectivity index (χ4n) is 5.08. The van der Waals surface area contributed by atoms with Gasteiger partial charge in [-0.05, 0) is 42.7 Å². The Kier molecular flexibility index (Phi) is 7.65. The number of rotatable bonds is 7. The molecule has 12 heteroatoms. The first-order valence-electron chi connectivity index (χ1n) is 12.5. The summed E-state index contributed by atoms with van der Waals surface area (Å²) in [7, 11) is -3.69. The van der Waals surface area contributed by atoms with Crippen LogP contribution in [0.15, 0.2) is 30.3 Å². The predicted molar refractivity (Wildman–Crippen MR) is 132 cm³/mol. The molecule has 2 aromatic rings. The highest BCUT2D eigenvalue weighted by Crippen LogP contribution is 2.21. The lowest BCUT2D eigenvalue weighted by Gasteiger charge is -2.36. The van der Waals surface area contributed by atoms with Gasteiger partial charge in [0.1, 0.15) is 11.6 Å². The molecule has 1 unspecified atom stereocenters. The summed E-state index contributed by atoms with van der Waals surface area (Å²) in [4.78, 5) is 6.69. The van der Waals surface area contributed by atoms with Gasteiger partial charge in [-0.25, -0.2) is 17.2 Å². The Morgan fingerprint density at radius 2 is 1.44 bits per heavy atom. The van der Waals surface area contributed by atoms with Crippen molar-refractivity contribution in [3.8, 4) is 0 Å². The molecule has 9 nitrogen and oxygen atoms in total. The molecule has 3 fully saturated rings. The first-order chi connectivity index (χ1) is 17.4. The summed E-state index contributed by atoms with van der Waals surface area (Å²) >= 11 is 0. The van der Waals surface area contributed by atoms with E-state index in [1.807, 2.05) is 17.0 Å². The van der Waals surface area contributed by atoms with Crippen LogP contribution in [0.2, 0.25) is 0 Å². The fourth-order valence-corrected chi connectivity index (χ4v) is 6.57. The van der Waals surface area contributed by atoms with Crippen molar-refractivity contribution in [2.24, 2.45) is 0 Å². The maximum Gasteiger partial charge on any atom is 0.218 e. The van der Waals surface area contributed by atoms with Gasteiger partial charge in [0, 0.05) is 71.6 Å². The van der Waals surface area contributed by atoms with Crippen LogP contribution in [0, 0.1) is 11.6 Å². The van der Waals surface area contributed by atoms with Crippen molar-refractivity contribution in [1.82, 2.24) is 19.4 Å². The number of nitrogens with zero attached hydrogens (tertiary/aromatic N) is 6. The molecular formula is C24H32F2N6O3S. The third-order valence-electron chi connectivity index (χ3n) is 7.05. The van der Waals surface area contributed by atoms with Crippen LogP contribution in [0.4, 0.5) is 20.4 Å². The molecule has 196 valence electrons. The summed E-state index contributed by atoms with van der Waals surface area (Å²) in [6.07, 6.45) is 2.68. The number of aromatic nitrogens is 2. The lowest BCUT2D eigenvalue weighted by molar-refractivity contribution is 0.0712. The Labute approximate surface area is 210 Å². The number of sulfonamides is 1. The molecule has 1 atom stereocenters. The van der Waals surface area contributed by atoms with Crippen molar-refractivity contribution in [2.45, 2.75) is 24.7 Å². The summed E-state index contributed by atoms with van der Waals surface area (Å²) in [6.45, 7) is 7.10. The van der Waals surface area contributed by atoms with Gasteiger partial charge in [0.15, 0.2) is 11.6 Å². The van der Waals surface area contributed by atoms with Crippen molar-refractivity contribution in [2.75, 3.05) is 75.3 Å². The van der Waals surface area contributed by atoms with Gasteiger partial charge >= 0.3 is 0 Å². The molecule has 1 aromatic carbocycles. The largest absolute Gasteiger partial charge is 0.377 e. The zero-order valence-corrected chi connectivity index (χ0v) is 21.0. The van der Waals surface area contributed by atoms with E-state index in [0.29, 0.717) is 25.0 Å². The molecule has 3 aliphatic heterocycles. The first kappa shape index (κ1) is 25.2. The normalized spacial score (nSPS) is 22.3. The lowest BCUT2D eigenvalue weighted by atomic mass is 10.2. The lowest BCUT2D eigenvalue weighted by Crippen LogP contribution is -2.49. The van der Waals surface area contributed by atoms with E-state index < -0.39 is 27.4 Å². The van der Waals surface area contributed by atoms with Crippen LogP contribution >= 0.6 is 0 Å².